The maximum atomic E-state index is 12.0. The summed E-state index contributed by atoms with van der Waals surface area (Å²) in [6, 6.07) is 30.6. The molecule has 10 heteroatoms. The van der Waals surface area contributed by atoms with Gasteiger partial charge in [0.15, 0.2) is 21.5 Å². The number of nitrogens with zero attached hydrogens (tertiary/aromatic N) is 6. The lowest BCUT2D eigenvalue weighted by atomic mass is 10.1. The van der Waals surface area contributed by atoms with Crippen molar-refractivity contribution in [1.82, 2.24) is 19.9 Å². The molecule has 0 N–H and O–H groups in total. The third kappa shape index (κ3) is 6.50. The van der Waals surface area contributed by atoms with Crippen LogP contribution in [0.2, 0.25) is 0 Å². The van der Waals surface area contributed by atoms with Crippen LogP contribution in [0.4, 0.5) is 11.6 Å². The number of benzene rings is 4. The van der Waals surface area contributed by atoms with Gasteiger partial charge in [0.25, 0.3) is 0 Å². The van der Waals surface area contributed by atoms with Crippen molar-refractivity contribution in [3.8, 4) is 22.8 Å². The molecule has 8 nitrogen and oxygen atoms in total. The average Bonchev–Trinajstić information content (AvgIpc) is 3.00. The minimum Gasteiger partial charge on any atom is -0.362 e. The molecule has 6 aromatic rings. The zero-order valence-corrected chi connectivity index (χ0v) is 26.9. The Kier molecular flexibility index (Phi) is 8.70. The summed E-state index contributed by atoms with van der Waals surface area (Å²) in [7, 11) is 4.44. The normalized spacial score (nSPS) is 11.2. The van der Waals surface area contributed by atoms with Crippen LogP contribution in [-0.2, 0) is 9.84 Å². The van der Waals surface area contributed by atoms with Gasteiger partial charge in [-0.05, 0) is 42.5 Å². The number of para-hydroxylation sites is 2. The molecule has 0 atom stereocenters. The van der Waals surface area contributed by atoms with E-state index < -0.39 is 9.84 Å². The summed E-state index contributed by atoms with van der Waals surface area (Å²) in [5.74, 6) is 2.84. The maximum absolute atomic E-state index is 12.0. The predicted molar refractivity (Wildman–Crippen MR) is 179 cm³/mol. The van der Waals surface area contributed by atoms with E-state index in [9.17, 15) is 8.42 Å². The molecule has 6 rings (SSSR count). The fourth-order valence-corrected chi connectivity index (χ4v) is 6.01. The van der Waals surface area contributed by atoms with Crippen molar-refractivity contribution < 1.29 is 8.42 Å². The molecule has 43 heavy (non-hydrogen) atoms. The largest absolute Gasteiger partial charge is 0.362 e. The number of anilines is 2. The molecular weight excluding hydrogens is 624 g/mol. The van der Waals surface area contributed by atoms with Crippen molar-refractivity contribution in [2.24, 2.45) is 0 Å². The lowest BCUT2D eigenvalue weighted by molar-refractivity contribution is 0.602. The van der Waals surface area contributed by atoms with Gasteiger partial charge in [0.2, 0.25) is 0 Å². The zero-order chi connectivity index (χ0) is 30.7. The molecule has 0 saturated heterocycles. The number of hydrogen-bond donors (Lipinski definition) is 0. The van der Waals surface area contributed by atoms with Crippen molar-refractivity contribution in [3.63, 3.8) is 0 Å². The second kappa shape index (κ2) is 12.4. The average molecular weight is 656 g/mol. The number of hydrogen-bond acceptors (Lipinski definition) is 8. The van der Waals surface area contributed by atoms with Gasteiger partial charge in [-0.15, -0.1) is 0 Å². The summed E-state index contributed by atoms with van der Waals surface area (Å²) in [6.07, 6.45) is 1.19. The molecule has 0 unspecified atom stereocenters. The topological polar surface area (TPSA) is 92.2 Å². The maximum Gasteiger partial charge on any atom is 0.176 e. The van der Waals surface area contributed by atoms with Gasteiger partial charge >= 0.3 is 0 Å². The van der Waals surface area contributed by atoms with Crippen molar-refractivity contribution in [2.75, 3.05) is 44.2 Å². The van der Waals surface area contributed by atoms with Gasteiger partial charge < -0.3 is 9.80 Å². The summed E-state index contributed by atoms with van der Waals surface area (Å²) in [4.78, 5) is 22.7. The first-order chi connectivity index (χ1) is 20.5. The van der Waals surface area contributed by atoms with Crippen molar-refractivity contribution in [2.45, 2.75) is 4.90 Å². The third-order valence-corrected chi connectivity index (χ3v) is 8.50. The van der Waals surface area contributed by atoms with E-state index in [1.807, 2.05) is 105 Å². The lowest BCUT2D eigenvalue weighted by Crippen LogP contribution is -2.12. The van der Waals surface area contributed by atoms with Crippen LogP contribution in [0, 0.1) is 0 Å². The lowest BCUT2D eigenvalue weighted by Gasteiger charge is -2.16. The van der Waals surface area contributed by atoms with Crippen LogP contribution in [0.5, 0.6) is 0 Å². The predicted octanol–water partition coefficient (Wildman–Crippen LogP) is 6.89. The second-order valence-electron chi connectivity index (χ2n) is 10.3. The van der Waals surface area contributed by atoms with E-state index in [1.54, 1.807) is 24.3 Å². The summed E-state index contributed by atoms with van der Waals surface area (Å²) in [5, 5.41) is 1.99. The molecule has 0 radical (unpaired) electrons. The van der Waals surface area contributed by atoms with Gasteiger partial charge in [-0.25, -0.2) is 28.4 Å². The van der Waals surface area contributed by atoms with Crippen molar-refractivity contribution in [1.29, 1.82) is 0 Å². The molecule has 4 aromatic carbocycles. The van der Waals surface area contributed by atoms with Gasteiger partial charge in [-0.3, -0.25) is 0 Å². The Morgan fingerprint density at radius 2 is 0.977 bits per heavy atom. The summed E-state index contributed by atoms with van der Waals surface area (Å²) >= 11 is 3.57. The van der Waals surface area contributed by atoms with E-state index >= 15 is 0 Å². The summed E-state index contributed by atoms with van der Waals surface area (Å²) in [5.41, 5.74) is 3.26. The molecule has 2 heterocycles. The van der Waals surface area contributed by atoms with Crippen LogP contribution in [0.1, 0.15) is 0 Å². The highest BCUT2D eigenvalue weighted by molar-refractivity contribution is 9.10. The van der Waals surface area contributed by atoms with Gasteiger partial charge in [0.1, 0.15) is 11.6 Å². The molecule has 0 spiro atoms. The summed E-state index contributed by atoms with van der Waals surface area (Å²) < 4.78 is 25.1. The van der Waals surface area contributed by atoms with E-state index in [-0.39, 0.29) is 4.90 Å². The van der Waals surface area contributed by atoms with Crippen LogP contribution in [-0.4, -0.2) is 62.8 Å². The van der Waals surface area contributed by atoms with E-state index in [0.717, 1.165) is 49.3 Å². The Labute approximate surface area is 260 Å². The molecule has 0 aliphatic heterocycles. The number of halogens is 1. The number of sulfone groups is 1. The minimum atomic E-state index is -3.36. The molecule has 0 bridgehead atoms. The first kappa shape index (κ1) is 30.1. The number of rotatable bonds is 5. The van der Waals surface area contributed by atoms with E-state index in [4.69, 9.17) is 4.98 Å². The first-order valence-corrected chi connectivity index (χ1v) is 16.2. The standard InChI is InChI=1S/C17H17N3O2S.C16H14BrN3/c1-20(2)17-12-8-4-6-10-14(12)18-16(19-17)13-9-5-7-11-15(13)23(3,21)22;1-20(2)16-12-8-4-6-10-14(12)18-15(19-16)11-7-3-5-9-13(11)17/h4-11H,1-3H3;3-10H,1-2H3. The van der Waals surface area contributed by atoms with Crippen molar-refractivity contribution in [3.05, 3.63) is 102 Å². The van der Waals surface area contributed by atoms with Crippen LogP contribution in [0.15, 0.2) is 106 Å². The molecule has 0 aliphatic rings. The minimum absolute atomic E-state index is 0.236. The smallest absolute Gasteiger partial charge is 0.176 e. The van der Waals surface area contributed by atoms with E-state index in [2.05, 4.69) is 36.9 Å². The SMILES string of the molecule is CN(C)c1nc(-c2ccccc2Br)nc2ccccc12.CN(C)c1nc(-c2ccccc2S(C)(=O)=O)nc2ccccc12. The molecular formula is C33H31BrN6O2S. The molecule has 0 aliphatic carbocycles. The van der Waals surface area contributed by atoms with Gasteiger partial charge in [0.05, 0.1) is 15.9 Å². The van der Waals surface area contributed by atoms with Crippen LogP contribution in [0.3, 0.4) is 0 Å². The Morgan fingerprint density at radius 1 is 0.558 bits per heavy atom. The molecule has 218 valence electrons. The third-order valence-electron chi connectivity index (χ3n) is 6.66. The van der Waals surface area contributed by atoms with Crippen molar-refractivity contribution >= 4 is 59.2 Å². The Morgan fingerprint density at radius 3 is 1.47 bits per heavy atom. The van der Waals surface area contributed by atoms with E-state index in [0.29, 0.717) is 11.4 Å². The molecule has 0 saturated carbocycles. The molecule has 0 fully saturated rings. The van der Waals surface area contributed by atoms with Gasteiger partial charge in [-0.2, -0.15) is 0 Å². The van der Waals surface area contributed by atoms with Gasteiger partial charge in [0, 0.05) is 60.8 Å². The van der Waals surface area contributed by atoms with Crippen LogP contribution >= 0.6 is 15.9 Å². The van der Waals surface area contributed by atoms with Gasteiger partial charge in [-0.1, -0.05) is 70.5 Å². The highest BCUT2D eigenvalue weighted by Crippen LogP contribution is 2.31. The molecule has 0 amide bonds. The second-order valence-corrected chi connectivity index (χ2v) is 13.2. The fourth-order valence-electron chi connectivity index (χ4n) is 4.66. The quantitative estimate of drug-likeness (QED) is 0.198. The zero-order valence-electron chi connectivity index (χ0n) is 24.5. The molecule has 2 aromatic heterocycles. The highest BCUT2D eigenvalue weighted by atomic mass is 79.9. The number of aromatic nitrogens is 4. The van der Waals surface area contributed by atoms with Crippen LogP contribution < -0.4 is 9.80 Å². The fraction of sp³-hybridized carbons (Fsp3) is 0.152. The number of fused-ring (bicyclic) bond motifs is 2. The Balaban J connectivity index is 0.000000173. The van der Waals surface area contributed by atoms with E-state index in [1.165, 1.54) is 6.26 Å². The Hall–Kier alpha value is -4.41. The monoisotopic (exact) mass is 654 g/mol. The van der Waals surface area contributed by atoms with Crippen LogP contribution in [0.25, 0.3) is 44.6 Å². The summed E-state index contributed by atoms with van der Waals surface area (Å²) in [6.45, 7) is 0. The first-order valence-electron chi connectivity index (χ1n) is 13.5. The Bertz CT molecular complexity index is 2050. The highest BCUT2D eigenvalue weighted by Gasteiger charge is 2.18.